The minimum Gasteiger partial charge on any atom is -0.351 e. The maximum atomic E-state index is 11.9. The monoisotopic (exact) mass is 283 g/mol. The van der Waals surface area contributed by atoms with Crippen LogP contribution in [0.4, 0.5) is 0 Å². The molecule has 0 saturated carbocycles. The first-order valence-electron chi connectivity index (χ1n) is 5.54. The van der Waals surface area contributed by atoms with E-state index in [1.807, 2.05) is 32.0 Å². The van der Waals surface area contributed by atoms with Gasteiger partial charge in [-0.05, 0) is 31.9 Å². The van der Waals surface area contributed by atoms with Gasteiger partial charge in [-0.2, -0.15) is 0 Å². The van der Waals surface area contributed by atoms with Crippen molar-refractivity contribution in [2.45, 2.75) is 32.0 Å². The number of benzene rings is 1. The van der Waals surface area contributed by atoms with Crippen LogP contribution in [0.15, 0.2) is 18.2 Å². The Hall–Kier alpha value is -0.830. The van der Waals surface area contributed by atoms with E-state index < -0.39 is 0 Å². The average Bonchev–Trinajstić information content (AvgIpc) is 2.28. The highest BCUT2D eigenvalue weighted by molar-refractivity contribution is 9.09. The number of rotatable bonds is 4. The zero-order valence-corrected chi connectivity index (χ0v) is 11.6. The maximum Gasteiger partial charge on any atom is 0.251 e. The van der Waals surface area contributed by atoms with Crippen molar-refractivity contribution < 1.29 is 4.79 Å². The van der Waals surface area contributed by atoms with E-state index in [2.05, 4.69) is 28.2 Å². The first kappa shape index (κ1) is 13.2. The summed E-state index contributed by atoms with van der Waals surface area (Å²) in [7, 11) is 0. The van der Waals surface area contributed by atoms with Crippen LogP contribution in [0.3, 0.4) is 0 Å². The van der Waals surface area contributed by atoms with Crippen LogP contribution in [0.1, 0.15) is 34.8 Å². The summed E-state index contributed by atoms with van der Waals surface area (Å²) < 4.78 is 0. The second-order valence-corrected chi connectivity index (χ2v) is 5.33. The molecular formula is C13H18BrNO. The lowest BCUT2D eigenvalue weighted by Gasteiger charge is -2.11. The lowest BCUT2D eigenvalue weighted by Crippen LogP contribution is -2.29. The first-order valence-corrected chi connectivity index (χ1v) is 6.45. The minimum absolute atomic E-state index is 0.0131. The molecule has 1 N–H and O–H groups in total. The van der Waals surface area contributed by atoms with Gasteiger partial charge in [-0.1, -0.05) is 40.5 Å². The predicted octanol–water partition coefficient (Wildman–Crippen LogP) is 3.21. The molecule has 0 spiro atoms. The van der Waals surface area contributed by atoms with Gasteiger partial charge >= 0.3 is 0 Å². The number of hydrogen-bond acceptors (Lipinski definition) is 1. The molecule has 0 radical (unpaired) electrons. The first-order chi connectivity index (χ1) is 7.54. The van der Waals surface area contributed by atoms with E-state index in [4.69, 9.17) is 0 Å². The van der Waals surface area contributed by atoms with Gasteiger partial charge in [0.15, 0.2) is 0 Å². The van der Waals surface area contributed by atoms with Crippen LogP contribution in [0.2, 0.25) is 0 Å². The molecule has 0 aliphatic carbocycles. The third kappa shape index (κ3) is 3.63. The Morgan fingerprint density at radius 3 is 2.75 bits per heavy atom. The SMILES string of the molecule is CCC(Br)CNC(=O)c1cc(C)ccc1C. The van der Waals surface area contributed by atoms with Crippen molar-refractivity contribution in [3.63, 3.8) is 0 Å². The molecule has 0 aliphatic heterocycles. The van der Waals surface area contributed by atoms with Gasteiger partial charge in [0.25, 0.3) is 5.91 Å². The fourth-order valence-electron chi connectivity index (χ4n) is 1.42. The standard InChI is InChI=1S/C13H18BrNO/c1-4-11(14)8-15-13(16)12-7-9(2)5-6-10(12)3/h5-7,11H,4,8H2,1-3H3,(H,15,16). The largest absolute Gasteiger partial charge is 0.351 e. The van der Waals surface area contributed by atoms with Crippen molar-refractivity contribution in [1.82, 2.24) is 5.32 Å². The number of halogens is 1. The number of nitrogens with one attached hydrogen (secondary N) is 1. The Kier molecular flexibility index (Phi) is 5.00. The number of hydrogen-bond donors (Lipinski definition) is 1. The van der Waals surface area contributed by atoms with Crippen LogP contribution in [-0.4, -0.2) is 17.3 Å². The topological polar surface area (TPSA) is 29.1 Å². The number of alkyl halides is 1. The van der Waals surface area contributed by atoms with Gasteiger partial charge in [-0.25, -0.2) is 0 Å². The van der Waals surface area contributed by atoms with Crippen LogP contribution in [0.5, 0.6) is 0 Å². The van der Waals surface area contributed by atoms with Crippen LogP contribution in [-0.2, 0) is 0 Å². The Morgan fingerprint density at radius 2 is 2.12 bits per heavy atom. The van der Waals surface area contributed by atoms with Crippen molar-refractivity contribution in [2.75, 3.05) is 6.54 Å². The van der Waals surface area contributed by atoms with Gasteiger partial charge in [0.05, 0.1) is 0 Å². The molecule has 1 rings (SSSR count). The summed E-state index contributed by atoms with van der Waals surface area (Å²) in [6.45, 7) is 6.71. The van der Waals surface area contributed by atoms with Gasteiger partial charge in [-0.3, -0.25) is 4.79 Å². The van der Waals surface area contributed by atoms with E-state index in [9.17, 15) is 4.79 Å². The fraction of sp³-hybridized carbons (Fsp3) is 0.462. The highest BCUT2D eigenvalue weighted by Gasteiger charge is 2.10. The van der Waals surface area contributed by atoms with E-state index in [1.165, 1.54) is 0 Å². The minimum atomic E-state index is 0.0131. The van der Waals surface area contributed by atoms with E-state index in [0.29, 0.717) is 11.4 Å². The molecule has 0 fully saturated rings. The Morgan fingerprint density at radius 1 is 1.44 bits per heavy atom. The summed E-state index contributed by atoms with van der Waals surface area (Å²) in [5.41, 5.74) is 2.91. The summed E-state index contributed by atoms with van der Waals surface area (Å²) in [6.07, 6.45) is 1.01. The zero-order chi connectivity index (χ0) is 12.1. The van der Waals surface area contributed by atoms with Crippen LogP contribution in [0.25, 0.3) is 0 Å². The molecule has 0 aromatic heterocycles. The van der Waals surface area contributed by atoms with E-state index in [0.717, 1.165) is 23.1 Å². The molecule has 16 heavy (non-hydrogen) atoms. The Bertz CT molecular complexity index is 376. The van der Waals surface area contributed by atoms with E-state index >= 15 is 0 Å². The molecule has 3 heteroatoms. The van der Waals surface area contributed by atoms with Crippen molar-refractivity contribution in [3.05, 3.63) is 34.9 Å². The summed E-state index contributed by atoms with van der Waals surface area (Å²) in [4.78, 5) is 12.3. The van der Waals surface area contributed by atoms with Crippen LogP contribution in [0, 0.1) is 13.8 Å². The van der Waals surface area contributed by atoms with Crippen LogP contribution >= 0.6 is 15.9 Å². The highest BCUT2D eigenvalue weighted by Crippen LogP contribution is 2.11. The number of aryl methyl sites for hydroxylation is 2. The molecule has 1 unspecified atom stereocenters. The number of carbonyl (C=O) groups excluding carboxylic acids is 1. The van der Waals surface area contributed by atoms with Crippen LogP contribution < -0.4 is 5.32 Å². The molecule has 2 nitrogen and oxygen atoms in total. The predicted molar refractivity (Wildman–Crippen MR) is 71.3 cm³/mol. The van der Waals surface area contributed by atoms with Crippen molar-refractivity contribution >= 4 is 21.8 Å². The van der Waals surface area contributed by atoms with Gasteiger partial charge in [-0.15, -0.1) is 0 Å². The molecule has 1 aromatic carbocycles. The average molecular weight is 284 g/mol. The zero-order valence-electron chi connectivity index (χ0n) is 10.0. The van der Waals surface area contributed by atoms with Gasteiger partial charge in [0.1, 0.15) is 0 Å². The molecule has 1 aromatic rings. The van der Waals surface area contributed by atoms with Gasteiger partial charge in [0, 0.05) is 16.9 Å². The molecule has 1 atom stereocenters. The second-order valence-electron chi connectivity index (χ2n) is 4.03. The summed E-state index contributed by atoms with van der Waals surface area (Å²) in [5, 5.41) is 2.93. The number of carbonyl (C=O) groups is 1. The summed E-state index contributed by atoms with van der Waals surface area (Å²) in [5.74, 6) is 0.0131. The molecule has 0 bridgehead atoms. The lowest BCUT2D eigenvalue weighted by molar-refractivity contribution is 0.0953. The second kappa shape index (κ2) is 6.04. The molecule has 0 aliphatic rings. The third-order valence-corrected chi connectivity index (χ3v) is 3.54. The fourth-order valence-corrected chi connectivity index (χ4v) is 1.59. The molecule has 88 valence electrons. The Balaban J connectivity index is 2.69. The lowest BCUT2D eigenvalue weighted by atomic mass is 10.1. The maximum absolute atomic E-state index is 11.9. The van der Waals surface area contributed by atoms with E-state index in [1.54, 1.807) is 0 Å². The third-order valence-electron chi connectivity index (χ3n) is 2.56. The quantitative estimate of drug-likeness (QED) is 0.845. The molecule has 0 saturated heterocycles. The smallest absolute Gasteiger partial charge is 0.251 e. The highest BCUT2D eigenvalue weighted by atomic mass is 79.9. The molecule has 0 heterocycles. The summed E-state index contributed by atoms with van der Waals surface area (Å²) in [6, 6.07) is 5.93. The van der Waals surface area contributed by atoms with Gasteiger partial charge in [0.2, 0.25) is 0 Å². The van der Waals surface area contributed by atoms with Gasteiger partial charge < -0.3 is 5.32 Å². The van der Waals surface area contributed by atoms with E-state index in [-0.39, 0.29) is 5.91 Å². The van der Waals surface area contributed by atoms with Crippen molar-refractivity contribution in [3.8, 4) is 0 Å². The molecule has 1 amide bonds. The Labute approximate surface area is 106 Å². The molecular weight excluding hydrogens is 266 g/mol. The summed E-state index contributed by atoms with van der Waals surface area (Å²) >= 11 is 3.50. The van der Waals surface area contributed by atoms with Crippen molar-refractivity contribution in [1.29, 1.82) is 0 Å². The van der Waals surface area contributed by atoms with Crippen molar-refractivity contribution in [2.24, 2.45) is 0 Å². The normalized spacial score (nSPS) is 12.2. The number of amides is 1.